The number of hydrogen-bond acceptors (Lipinski definition) is 4. The molecule has 0 spiro atoms. The summed E-state index contributed by atoms with van der Waals surface area (Å²) in [6.07, 6.45) is 0.0959. The van der Waals surface area contributed by atoms with Crippen molar-refractivity contribution in [1.82, 2.24) is 0 Å². The second kappa shape index (κ2) is 4.69. The van der Waals surface area contributed by atoms with Crippen molar-refractivity contribution in [1.29, 1.82) is 0 Å². The fourth-order valence-electron chi connectivity index (χ4n) is 0.725. The minimum absolute atomic E-state index is 0.0959. The van der Waals surface area contributed by atoms with Crippen molar-refractivity contribution >= 4 is 5.97 Å². The van der Waals surface area contributed by atoms with Crippen LogP contribution < -0.4 is 0 Å². The van der Waals surface area contributed by atoms with E-state index < -0.39 is 16.9 Å². The molecule has 2 atom stereocenters. The van der Waals surface area contributed by atoms with E-state index in [9.17, 15) is 14.9 Å². The molecule has 0 aliphatic carbocycles. The van der Waals surface area contributed by atoms with Gasteiger partial charge in [0.05, 0.1) is 13.5 Å². The second-order valence-electron chi connectivity index (χ2n) is 2.78. The molecule has 0 bridgehead atoms. The second-order valence-corrected chi connectivity index (χ2v) is 2.78. The normalized spacial score (nSPS) is 14.9. The summed E-state index contributed by atoms with van der Waals surface area (Å²) in [6.45, 7) is 3.14. The van der Waals surface area contributed by atoms with Crippen LogP contribution in [0.25, 0.3) is 0 Å². The molecule has 70 valence electrons. The third-order valence-corrected chi connectivity index (χ3v) is 1.87. The molecular weight excluding hydrogens is 162 g/mol. The summed E-state index contributed by atoms with van der Waals surface area (Å²) in [4.78, 5) is 20.6. The minimum atomic E-state index is -0.705. The topological polar surface area (TPSA) is 69.4 Å². The summed E-state index contributed by atoms with van der Waals surface area (Å²) in [5.41, 5.74) is 0. The zero-order valence-electron chi connectivity index (χ0n) is 7.44. The lowest BCUT2D eigenvalue weighted by atomic mass is 10.0. The van der Waals surface area contributed by atoms with Gasteiger partial charge in [0.2, 0.25) is 6.04 Å². The van der Waals surface area contributed by atoms with E-state index in [4.69, 9.17) is 0 Å². The van der Waals surface area contributed by atoms with E-state index in [0.29, 0.717) is 0 Å². The van der Waals surface area contributed by atoms with Crippen LogP contribution in [0.3, 0.4) is 0 Å². The summed E-state index contributed by atoms with van der Waals surface area (Å²) in [5, 5.41) is 10.3. The number of carbonyl (C=O) groups excluding carboxylic acids is 1. The van der Waals surface area contributed by atoms with Gasteiger partial charge in [-0.15, -0.1) is 0 Å². The Kier molecular flexibility index (Phi) is 4.25. The van der Waals surface area contributed by atoms with E-state index in [2.05, 4.69) is 4.74 Å². The van der Waals surface area contributed by atoms with Crippen LogP contribution in [0.15, 0.2) is 0 Å². The van der Waals surface area contributed by atoms with E-state index in [-0.39, 0.29) is 12.3 Å². The van der Waals surface area contributed by atoms with Gasteiger partial charge in [0.15, 0.2) is 0 Å². The van der Waals surface area contributed by atoms with Crippen LogP contribution in [0.2, 0.25) is 0 Å². The molecule has 0 saturated carbocycles. The average molecular weight is 175 g/mol. The molecule has 0 heterocycles. The lowest BCUT2D eigenvalue weighted by Crippen LogP contribution is -2.26. The maximum absolute atomic E-state index is 10.7. The summed E-state index contributed by atoms with van der Waals surface area (Å²) in [7, 11) is 1.27. The first-order valence-corrected chi connectivity index (χ1v) is 3.69. The first-order valence-electron chi connectivity index (χ1n) is 3.69. The van der Waals surface area contributed by atoms with Crippen molar-refractivity contribution < 1.29 is 14.5 Å². The molecule has 0 aliphatic rings. The Balaban J connectivity index is 3.94. The number of ether oxygens (including phenoxy) is 1. The number of nitro groups is 1. The number of carbonyl (C=O) groups is 1. The lowest BCUT2D eigenvalue weighted by molar-refractivity contribution is -0.526. The predicted molar refractivity (Wildman–Crippen MR) is 42.3 cm³/mol. The molecule has 0 aromatic heterocycles. The molecule has 0 aromatic carbocycles. The summed E-state index contributed by atoms with van der Waals surface area (Å²) in [6, 6.07) is -0.705. The van der Waals surface area contributed by atoms with Crippen molar-refractivity contribution in [2.75, 3.05) is 7.11 Å². The standard InChI is InChI=1S/C7H13NO4/c1-5(4-7(9)12-3)6(2)8(10)11/h5-6H,4H2,1-3H3. The van der Waals surface area contributed by atoms with Crippen molar-refractivity contribution in [3.8, 4) is 0 Å². The highest BCUT2D eigenvalue weighted by Crippen LogP contribution is 2.10. The van der Waals surface area contributed by atoms with Gasteiger partial charge in [-0.3, -0.25) is 14.9 Å². The Morgan fingerprint density at radius 2 is 2.08 bits per heavy atom. The Morgan fingerprint density at radius 3 is 2.42 bits per heavy atom. The Labute approximate surface area is 70.9 Å². The molecule has 0 saturated heterocycles. The molecule has 0 N–H and O–H groups in total. The van der Waals surface area contributed by atoms with Crippen molar-refractivity contribution in [2.45, 2.75) is 26.3 Å². The number of nitrogens with zero attached hydrogens (tertiary/aromatic N) is 1. The molecule has 0 rings (SSSR count). The smallest absolute Gasteiger partial charge is 0.306 e. The number of rotatable bonds is 4. The van der Waals surface area contributed by atoms with Crippen LogP contribution in [0.5, 0.6) is 0 Å². The van der Waals surface area contributed by atoms with Gasteiger partial charge in [-0.25, -0.2) is 0 Å². The maximum atomic E-state index is 10.7. The molecule has 0 aliphatic heterocycles. The predicted octanol–water partition coefficient (Wildman–Crippen LogP) is 0.851. The zero-order valence-corrected chi connectivity index (χ0v) is 7.44. The summed E-state index contributed by atoms with van der Waals surface area (Å²) < 4.78 is 4.39. The SMILES string of the molecule is COC(=O)CC(C)C(C)[N+](=O)[O-]. The molecule has 5 nitrogen and oxygen atoms in total. The van der Waals surface area contributed by atoms with Crippen LogP contribution in [0.4, 0.5) is 0 Å². The molecule has 0 amide bonds. The van der Waals surface area contributed by atoms with Crippen molar-refractivity contribution in [2.24, 2.45) is 5.92 Å². The Bertz CT molecular complexity index is 180. The fourth-order valence-corrected chi connectivity index (χ4v) is 0.725. The highest BCUT2D eigenvalue weighted by atomic mass is 16.6. The van der Waals surface area contributed by atoms with Crippen molar-refractivity contribution in [3.63, 3.8) is 0 Å². The third kappa shape index (κ3) is 3.32. The summed E-state index contributed by atoms with van der Waals surface area (Å²) in [5.74, 6) is -0.691. The molecule has 0 aromatic rings. The largest absolute Gasteiger partial charge is 0.469 e. The highest BCUT2D eigenvalue weighted by Gasteiger charge is 2.24. The molecule has 2 unspecified atom stereocenters. The minimum Gasteiger partial charge on any atom is -0.469 e. The first kappa shape index (κ1) is 10.9. The van der Waals surface area contributed by atoms with E-state index in [1.807, 2.05) is 0 Å². The van der Waals surface area contributed by atoms with Crippen LogP contribution >= 0.6 is 0 Å². The Hall–Kier alpha value is -1.13. The molecular formula is C7H13NO4. The fraction of sp³-hybridized carbons (Fsp3) is 0.857. The molecule has 0 radical (unpaired) electrons. The Morgan fingerprint density at radius 1 is 1.58 bits per heavy atom. The van der Waals surface area contributed by atoms with Crippen molar-refractivity contribution in [3.05, 3.63) is 10.1 Å². The van der Waals surface area contributed by atoms with Crippen LogP contribution in [-0.4, -0.2) is 24.0 Å². The van der Waals surface area contributed by atoms with E-state index in [0.717, 1.165) is 0 Å². The quantitative estimate of drug-likeness (QED) is 0.361. The first-order chi connectivity index (χ1) is 5.49. The van der Waals surface area contributed by atoms with Gasteiger partial charge in [0, 0.05) is 17.8 Å². The lowest BCUT2D eigenvalue weighted by Gasteiger charge is -2.10. The zero-order chi connectivity index (χ0) is 9.72. The van der Waals surface area contributed by atoms with E-state index in [1.165, 1.54) is 14.0 Å². The molecule has 0 fully saturated rings. The molecule has 5 heteroatoms. The van der Waals surface area contributed by atoms with Crippen LogP contribution in [-0.2, 0) is 9.53 Å². The monoisotopic (exact) mass is 175 g/mol. The van der Waals surface area contributed by atoms with Gasteiger partial charge in [0.25, 0.3) is 0 Å². The highest BCUT2D eigenvalue weighted by molar-refractivity contribution is 5.69. The van der Waals surface area contributed by atoms with Gasteiger partial charge in [-0.05, 0) is 0 Å². The van der Waals surface area contributed by atoms with Gasteiger partial charge in [0.1, 0.15) is 0 Å². The third-order valence-electron chi connectivity index (χ3n) is 1.87. The van der Waals surface area contributed by atoms with Gasteiger partial charge < -0.3 is 4.74 Å². The average Bonchev–Trinajstić information content (AvgIpc) is 2.02. The van der Waals surface area contributed by atoms with Gasteiger partial charge >= 0.3 is 5.97 Å². The number of esters is 1. The van der Waals surface area contributed by atoms with Gasteiger partial charge in [-0.2, -0.15) is 0 Å². The van der Waals surface area contributed by atoms with Gasteiger partial charge in [-0.1, -0.05) is 6.92 Å². The number of methoxy groups -OCH3 is 1. The maximum Gasteiger partial charge on any atom is 0.306 e. The summed E-state index contributed by atoms with van der Waals surface area (Å²) >= 11 is 0. The van der Waals surface area contributed by atoms with Crippen LogP contribution in [0.1, 0.15) is 20.3 Å². The van der Waals surface area contributed by atoms with E-state index >= 15 is 0 Å². The molecule has 12 heavy (non-hydrogen) atoms. The van der Waals surface area contributed by atoms with Crippen LogP contribution in [0, 0.1) is 16.0 Å². The van der Waals surface area contributed by atoms with E-state index in [1.54, 1.807) is 6.92 Å². The number of hydrogen-bond donors (Lipinski definition) is 0.